The van der Waals surface area contributed by atoms with Crippen LogP contribution >= 0.6 is 11.3 Å². The molecular weight excluding hydrogens is 314 g/mol. The highest BCUT2D eigenvalue weighted by Gasteiger charge is 2.18. The molecule has 0 atom stereocenters. The number of aromatic nitrogens is 3. The normalized spacial score (nSPS) is 15.7. The number of piperidine rings is 1. The van der Waals surface area contributed by atoms with Crippen LogP contribution in [0.1, 0.15) is 48.7 Å². The zero-order chi connectivity index (χ0) is 16.1. The number of aryl methyl sites for hydroxylation is 2. The lowest BCUT2D eigenvalue weighted by molar-refractivity contribution is -0.116. The van der Waals surface area contributed by atoms with E-state index in [1.54, 1.807) is 11.3 Å². The second kappa shape index (κ2) is 7.65. The lowest BCUT2D eigenvalue weighted by atomic mass is 9.97. The molecule has 23 heavy (non-hydrogen) atoms. The van der Waals surface area contributed by atoms with Crippen LogP contribution in [0.3, 0.4) is 0 Å². The summed E-state index contributed by atoms with van der Waals surface area (Å²) in [6.07, 6.45) is 5.65. The summed E-state index contributed by atoms with van der Waals surface area (Å²) < 4.78 is 5.08. The Balaban J connectivity index is 1.48. The van der Waals surface area contributed by atoms with E-state index in [9.17, 15) is 4.79 Å². The topological polar surface area (TPSA) is 92.9 Å². The number of nitrogens with zero attached hydrogens (tertiary/aromatic N) is 3. The van der Waals surface area contributed by atoms with Crippen molar-refractivity contribution < 1.29 is 9.32 Å². The van der Waals surface area contributed by atoms with Gasteiger partial charge in [0.1, 0.15) is 0 Å². The number of nitrogens with one attached hydrogen (secondary N) is 2. The SMILES string of the molecule is CCc1noc(CCC(=O)Nc2ncc(C3CCNCC3)s2)n1. The van der Waals surface area contributed by atoms with E-state index in [-0.39, 0.29) is 5.91 Å². The van der Waals surface area contributed by atoms with Crippen LogP contribution in [0.15, 0.2) is 10.7 Å². The number of thiazole rings is 1. The predicted octanol–water partition coefficient (Wildman–Crippen LogP) is 2.13. The van der Waals surface area contributed by atoms with Crippen LogP contribution in [0, 0.1) is 0 Å². The summed E-state index contributed by atoms with van der Waals surface area (Å²) in [5.41, 5.74) is 0. The molecule has 2 aromatic rings. The van der Waals surface area contributed by atoms with Crippen molar-refractivity contribution in [3.05, 3.63) is 22.8 Å². The van der Waals surface area contributed by atoms with Crippen molar-refractivity contribution in [2.45, 2.75) is 44.9 Å². The third-order valence-corrected chi connectivity index (χ3v) is 4.98. The number of rotatable bonds is 6. The molecule has 1 aliphatic rings. The van der Waals surface area contributed by atoms with Crippen molar-refractivity contribution in [2.75, 3.05) is 18.4 Å². The molecule has 2 N–H and O–H groups in total. The first-order valence-corrected chi connectivity index (χ1v) is 8.84. The predicted molar refractivity (Wildman–Crippen MR) is 87.6 cm³/mol. The van der Waals surface area contributed by atoms with Gasteiger partial charge in [-0.05, 0) is 31.8 Å². The van der Waals surface area contributed by atoms with E-state index in [0.29, 0.717) is 35.6 Å². The molecule has 0 saturated carbocycles. The van der Waals surface area contributed by atoms with Crippen LogP contribution in [0.2, 0.25) is 0 Å². The summed E-state index contributed by atoms with van der Waals surface area (Å²) >= 11 is 1.57. The minimum Gasteiger partial charge on any atom is -0.339 e. The minimum atomic E-state index is -0.0764. The Bertz CT molecular complexity index is 648. The van der Waals surface area contributed by atoms with Crippen molar-refractivity contribution in [1.82, 2.24) is 20.4 Å². The maximum Gasteiger partial charge on any atom is 0.227 e. The molecule has 1 fully saturated rings. The largest absolute Gasteiger partial charge is 0.339 e. The number of anilines is 1. The molecule has 1 aliphatic heterocycles. The summed E-state index contributed by atoms with van der Waals surface area (Å²) in [6, 6.07) is 0. The summed E-state index contributed by atoms with van der Waals surface area (Å²) in [6.45, 7) is 4.06. The van der Waals surface area contributed by atoms with Crippen molar-refractivity contribution in [3.8, 4) is 0 Å². The molecule has 0 unspecified atom stereocenters. The molecule has 0 radical (unpaired) electrons. The first-order chi connectivity index (χ1) is 11.2. The number of hydrogen-bond donors (Lipinski definition) is 2. The fourth-order valence-corrected chi connectivity index (χ4v) is 3.58. The summed E-state index contributed by atoms with van der Waals surface area (Å²) in [4.78, 5) is 21.8. The van der Waals surface area contributed by atoms with Crippen LogP contribution in [0.4, 0.5) is 5.13 Å². The third-order valence-electron chi connectivity index (χ3n) is 3.90. The van der Waals surface area contributed by atoms with Gasteiger partial charge in [-0.15, -0.1) is 11.3 Å². The Morgan fingerprint density at radius 2 is 2.30 bits per heavy atom. The number of amides is 1. The fourth-order valence-electron chi connectivity index (χ4n) is 2.58. The Hall–Kier alpha value is -1.80. The van der Waals surface area contributed by atoms with Crippen LogP contribution in [0.5, 0.6) is 0 Å². The number of hydrogen-bond acceptors (Lipinski definition) is 7. The van der Waals surface area contributed by atoms with Gasteiger partial charge in [0.15, 0.2) is 11.0 Å². The molecule has 7 nitrogen and oxygen atoms in total. The molecule has 8 heteroatoms. The maximum absolute atomic E-state index is 12.0. The van der Waals surface area contributed by atoms with Gasteiger partial charge in [-0.3, -0.25) is 4.79 Å². The minimum absolute atomic E-state index is 0.0764. The van der Waals surface area contributed by atoms with Crippen LogP contribution in [-0.4, -0.2) is 34.1 Å². The molecule has 0 bridgehead atoms. The molecule has 0 spiro atoms. The highest BCUT2D eigenvalue weighted by molar-refractivity contribution is 7.15. The number of carbonyl (C=O) groups is 1. The summed E-state index contributed by atoms with van der Waals surface area (Å²) in [7, 11) is 0. The standard InChI is InChI=1S/C15H21N5O2S/c1-2-12-18-14(22-20-12)4-3-13(21)19-15-17-9-11(23-15)10-5-7-16-8-6-10/h9-10,16H,2-8H2,1H3,(H,17,19,21). The molecule has 2 aromatic heterocycles. The van der Waals surface area contributed by atoms with Gasteiger partial charge in [-0.2, -0.15) is 4.98 Å². The smallest absolute Gasteiger partial charge is 0.227 e. The Kier molecular flexibility index (Phi) is 5.35. The number of carbonyl (C=O) groups excluding carboxylic acids is 1. The average Bonchev–Trinajstić information content (AvgIpc) is 3.23. The average molecular weight is 335 g/mol. The van der Waals surface area contributed by atoms with Gasteiger partial charge in [-0.1, -0.05) is 12.1 Å². The first kappa shape index (κ1) is 16.1. The van der Waals surface area contributed by atoms with Gasteiger partial charge in [0.25, 0.3) is 0 Å². The third kappa shape index (κ3) is 4.35. The molecule has 124 valence electrons. The van der Waals surface area contributed by atoms with Gasteiger partial charge in [0.2, 0.25) is 11.8 Å². The van der Waals surface area contributed by atoms with E-state index >= 15 is 0 Å². The quantitative estimate of drug-likeness (QED) is 0.840. The maximum atomic E-state index is 12.0. The van der Waals surface area contributed by atoms with E-state index < -0.39 is 0 Å². The van der Waals surface area contributed by atoms with E-state index in [0.717, 1.165) is 32.4 Å². The zero-order valence-electron chi connectivity index (χ0n) is 13.2. The molecule has 0 aromatic carbocycles. The van der Waals surface area contributed by atoms with Crippen molar-refractivity contribution in [1.29, 1.82) is 0 Å². The van der Waals surface area contributed by atoms with E-state index in [2.05, 4.69) is 25.8 Å². The van der Waals surface area contributed by atoms with Crippen molar-refractivity contribution in [3.63, 3.8) is 0 Å². The van der Waals surface area contributed by atoms with Crippen molar-refractivity contribution in [2.24, 2.45) is 0 Å². The van der Waals surface area contributed by atoms with Gasteiger partial charge in [0, 0.05) is 30.3 Å². The Morgan fingerprint density at radius 3 is 3.04 bits per heavy atom. The molecular formula is C15H21N5O2S. The van der Waals surface area contributed by atoms with Gasteiger partial charge in [-0.25, -0.2) is 4.98 Å². The lowest BCUT2D eigenvalue weighted by Gasteiger charge is -2.20. The summed E-state index contributed by atoms with van der Waals surface area (Å²) in [5, 5.41) is 10.7. The zero-order valence-corrected chi connectivity index (χ0v) is 14.0. The highest BCUT2D eigenvalue weighted by atomic mass is 32.1. The molecule has 3 heterocycles. The Morgan fingerprint density at radius 1 is 1.48 bits per heavy atom. The lowest BCUT2D eigenvalue weighted by Crippen LogP contribution is -2.26. The molecule has 0 aliphatic carbocycles. The van der Waals surface area contributed by atoms with E-state index in [4.69, 9.17) is 4.52 Å². The fraction of sp³-hybridized carbons (Fsp3) is 0.600. The second-order valence-electron chi connectivity index (χ2n) is 5.60. The van der Waals surface area contributed by atoms with E-state index in [1.807, 2.05) is 13.1 Å². The van der Waals surface area contributed by atoms with Crippen LogP contribution < -0.4 is 10.6 Å². The highest BCUT2D eigenvalue weighted by Crippen LogP contribution is 2.31. The monoisotopic (exact) mass is 335 g/mol. The first-order valence-electron chi connectivity index (χ1n) is 8.02. The Labute approximate surface area is 138 Å². The van der Waals surface area contributed by atoms with E-state index in [1.165, 1.54) is 4.88 Å². The van der Waals surface area contributed by atoms with Crippen molar-refractivity contribution >= 4 is 22.4 Å². The van der Waals surface area contributed by atoms with Crippen LogP contribution in [0.25, 0.3) is 0 Å². The molecule has 3 rings (SSSR count). The van der Waals surface area contributed by atoms with Gasteiger partial charge >= 0.3 is 0 Å². The molecule has 1 saturated heterocycles. The summed E-state index contributed by atoms with van der Waals surface area (Å²) in [5.74, 6) is 1.66. The van der Waals surface area contributed by atoms with Gasteiger partial charge in [0.05, 0.1) is 0 Å². The van der Waals surface area contributed by atoms with Gasteiger partial charge < -0.3 is 15.2 Å². The van der Waals surface area contributed by atoms with Crippen LogP contribution in [-0.2, 0) is 17.6 Å². The second-order valence-corrected chi connectivity index (χ2v) is 6.66. The molecule has 1 amide bonds.